The summed E-state index contributed by atoms with van der Waals surface area (Å²) in [5.74, 6) is -0.425. The number of nitro benzene ring substituents is 1. The zero-order valence-corrected chi connectivity index (χ0v) is 16.6. The topological polar surface area (TPSA) is 84.3 Å². The Bertz CT molecular complexity index is 1050. The van der Waals surface area contributed by atoms with Gasteiger partial charge in [-0.3, -0.25) is 14.9 Å². The zero-order chi connectivity index (χ0) is 20.8. The maximum Gasteiger partial charge on any atom is 0.294 e. The third kappa shape index (κ3) is 5.12. The summed E-state index contributed by atoms with van der Waals surface area (Å²) in [6, 6.07) is 19.3. The van der Waals surface area contributed by atoms with Crippen molar-refractivity contribution in [1.82, 2.24) is 0 Å². The molecule has 0 aliphatic rings. The van der Waals surface area contributed by atoms with Gasteiger partial charge in [-0.25, -0.2) is 0 Å². The number of carbonyl (C=O) groups is 1. The van der Waals surface area contributed by atoms with Crippen molar-refractivity contribution < 1.29 is 9.72 Å². The minimum Gasteiger partial charge on any atom is -0.381 e. The van der Waals surface area contributed by atoms with E-state index in [1.165, 1.54) is 23.8 Å². The predicted octanol–water partition coefficient (Wildman–Crippen LogP) is 5.68. The Morgan fingerprint density at radius 2 is 1.83 bits per heavy atom. The van der Waals surface area contributed by atoms with Crippen LogP contribution in [-0.4, -0.2) is 10.8 Å². The van der Waals surface area contributed by atoms with Crippen molar-refractivity contribution in [3.05, 3.63) is 98.6 Å². The van der Waals surface area contributed by atoms with Crippen LogP contribution in [0.15, 0.2) is 66.7 Å². The minimum absolute atomic E-state index is 0.102. The SMILES string of the molecule is CCc1ccccc1NCc1cccc(C(=O)Nc2ccc(Cl)cc2[N+](=O)[O-])c1. The van der Waals surface area contributed by atoms with E-state index in [9.17, 15) is 14.9 Å². The lowest BCUT2D eigenvalue weighted by molar-refractivity contribution is -0.383. The Morgan fingerprint density at radius 1 is 1.03 bits per heavy atom. The number of nitrogens with one attached hydrogen (secondary N) is 2. The van der Waals surface area contributed by atoms with Crippen LogP contribution in [0.25, 0.3) is 0 Å². The average molecular weight is 410 g/mol. The van der Waals surface area contributed by atoms with E-state index in [1.54, 1.807) is 18.2 Å². The molecule has 3 aromatic carbocycles. The summed E-state index contributed by atoms with van der Waals surface area (Å²) in [6.45, 7) is 2.65. The van der Waals surface area contributed by atoms with Crippen LogP contribution in [0.5, 0.6) is 0 Å². The van der Waals surface area contributed by atoms with E-state index in [-0.39, 0.29) is 16.4 Å². The Kier molecular flexibility index (Phi) is 6.46. The quantitative estimate of drug-likeness (QED) is 0.388. The number of nitro groups is 1. The van der Waals surface area contributed by atoms with Gasteiger partial charge in [-0.1, -0.05) is 48.9 Å². The van der Waals surface area contributed by atoms with E-state index in [4.69, 9.17) is 11.6 Å². The fourth-order valence-corrected chi connectivity index (χ4v) is 3.14. The lowest BCUT2D eigenvalue weighted by atomic mass is 10.1. The molecule has 3 rings (SSSR count). The van der Waals surface area contributed by atoms with Crippen molar-refractivity contribution in [2.24, 2.45) is 0 Å². The first-order chi connectivity index (χ1) is 14.0. The molecule has 0 radical (unpaired) electrons. The Balaban J connectivity index is 1.74. The fourth-order valence-electron chi connectivity index (χ4n) is 2.98. The number of amides is 1. The largest absolute Gasteiger partial charge is 0.381 e. The summed E-state index contributed by atoms with van der Waals surface area (Å²) in [5, 5.41) is 17.4. The molecule has 1 amide bonds. The van der Waals surface area contributed by atoms with Crippen molar-refractivity contribution in [3.8, 4) is 0 Å². The number of hydrogen-bond acceptors (Lipinski definition) is 4. The monoisotopic (exact) mass is 409 g/mol. The molecule has 0 heterocycles. The first-order valence-corrected chi connectivity index (χ1v) is 9.51. The molecule has 29 heavy (non-hydrogen) atoms. The number of hydrogen-bond donors (Lipinski definition) is 2. The van der Waals surface area contributed by atoms with Crippen LogP contribution in [0.2, 0.25) is 5.02 Å². The molecular formula is C22H20ClN3O3. The molecule has 0 aromatic heterocycles. The summed E-state index contributed by atoms with van der Waals surface area (Å²) < 4.78 is 0. The van der Waals surface area contributed by atoms with E-state index in [2.05, 4.69) is 23.6 Å². The summed E-state index contributed by atoms with van der Waals surface area (Å²) in [6.07, 6.45) is 0.922. The molecule has 148 valence electrons. The van der Waals surface area contributed by atoms with Crippen LogP contribution in [0.3, 0.4) is 0 Å². The van der Waals surface area contributed by atoms with Gasteiger partial charge in [0.25, 0.3) is 11.6 Å². The maximum absolute atomic E-state index is 12.6. The van der Waals surface area contributed by atoms with Crippen molar-refractivity contribution in [3.63, 3.8) is 0 Å². The van der Waals surface area contributed by atoms with Gasteiger partial charge in [0, 0.05) is 28.9 Å². The van der Waals surface area contributed by atoms with Gasteiger partial charge in [0.1, 0.15) is 5.69 Å². The summed E-state index contributed by atoms with van der Waals surface area (Å²) >= 11 is 5.82. The average Bonchev–Trinajstić information content (AvgIpc) is 2.73. The highest BCUT2D eigenvalue weighted by Crippen LogP contribution is 2.28. The van der Waals surface area contributed by atoms with E-state index >= 15 is 0 Å². The highest BCUT2D eigenvalue weighted by molar-refractivity contribution is 6.31. The van der Waals surface area contributed by atoms with Crippen molar-refractivity contribution in [2.75, 3.05) is 10.6 Å². The van der Waals surface area contributed by atoms with Gasteiger partial charge in [0.15, 0.2) is 0 Å². The second-order valence-corrected chi connectivity index (χ2v) is 6.87. The number of rotatable bonds is 7. The molecule has 0 saturated heterocycles. The molecule has 0 bridgehead atoms. The lowest BCUT2D eigenvalue weighted by Crippen LogP contribution is -2.13. The van der Waals surface area contributed by atoms with Gasteiger partial charge in [-0.2, -0.15) is 0 Å². The number of halogens is 1. The van der Waals surface area contributed by atoms with Crippen LogP contribution in [0.4, 0.5) is 17.1 Å². The number of nitrogens with zero attached hydrogens (tertiary/aromatic N) is 1. The first-order valence-electron chi connectivity index (χ1n) is 9.14. The Labute approximate surface area is 173 Å². The molecule has 3 aromatic rings. The van der Waals surface area contributed by atoms with Crippen LogP contribution >= 0.6 is 11.6 Å². The smallest absolute Gasteiger partial charge is 0.294 e. The Hall–Kier alpha value is -3.38. The second-order valence-electron chi connectivity index (χ2n) is 6.44. The van der Waals surface area contributed by atoms with Gasteiger partial charge in [0.05, 0.1) is 4.92 Å². The second kappa shape index (κ2) is 9.21. The van der Waals surface area contributed by atoms with Gasteiger partial charge in [-0.15, -0.1) is 0 Å². The normalized spacial score (nSPS) is 10.4. The summed E-state index contributed by atoms with van der Waals surface area (Å²) in [5.41, 5.74) is 3.47. The molecule has 2 N–H and O–H groups in total. The van der Waals surface area contributed by atoms with E-state index in [1.807, 2.05) is 24.3 Å². The summed E-state index contributed by atoms with van der Waals surface area (Å²) in [7, 11) is 0. The highest BCUT2D eigenvalue weighted by Gasteiger charge is 2.17. The molecular weight excluding hydrogens is 390 g/mol. The van der Waals surface area contributed by atoms with E-state index in [0.717, 1.165) is 17.7 Å². The molecule has 0 fully saturated rings. The number of anilines is 2. The predicted molar refractivity (Wildman–Crippen MR) is 116 cm³/mol. The molecule has 0 atom stereocenters. The molecule has 0 unspecified atom stereocenters. The third-order valence-corrected chi connectivity index (χ3v) is 4.71. The van der Waals surface area contributed by atoms with Crippen molar-refractivity contribution in [2.45, 2.75) is 19.9 Å². The third-order valence-electron chi connectivity index (χ3n) is 4.48. The zero-order valence-electron chi connectivity index (χ0n) is 15.8. The van der Waals surface area contributed by atoms with E-state index in [0.29, 0.717) is 12.1 Å². The minimum atomic E-state index is -0.576. The molecule has 7 heteroatoms. The van der Waals surface area contributed by atoms with Gasteiger partial charge in [-0.05, 0) is 47.9 Å². The molecule has 0 saturated carbocycles. The fraction of sp³-hybridized carbons (Fsp3) is 0.136. The first kappa shape index (κ1) is 20.4. The van der Waals surface area contributed by atoms with E-state index < -0.39 is 10.8 Å². The lowest BCUT2D eigenvalue weighted by Gasteiger charge is -2.12. The number of para-hydroxylation sites is 1. The van der Waals surface area contributed by atoms with Gasteiger partial charge < -0.3 is 10.6 Å². The van der Waals surface area contributed by atoms with Crippen LogP contribution in [0.1, 0.15) is 28.4 Å². The highest BCUT2D eigenvalue weighted by atomic mass is 35.5. The molecule has 0 aliphatic carbocycles. The maximum atomic E-state index is 12.6. The standard InChI is InChI=1S/C22H20ClN3O3/c1-2-16-7-3-4-9-19(16)24-14-15-6-5-8-17(12-15)22(27)25-20-11-10-18(23)13-21(20)26(28)29/h3-13,24H,2,14H2,1H3,(H,25,27). The number of aryl methyl sites for hydroxylation is 1. The van der Waals surface area contributed by atoms with Crippen LogP contribution in [-0.2, 0) is 13.0 Å². The summed E-state index contributed by atoms with van der Waals surface area (Å²) in [4.78, 5) is 23.2. The van der Waals surface area contributed by atoms with Crippen molar-refractivity contribution in [1.29, 1.82) is 0 Å². The Morgan fingerprint density at radius 3 is 2.59 bits per heavy atom. The molecule has 0 aliphatic heterocycles. The van der Waals surface area contributed by atoms with Gasteiger partial charge >= 0.3 is 0 Å². The molecule has 6 nitrogen and oxygen atoms in total. The van der Waals surface area contributed by atoms with Crippen LogP contribution < -0.4 is 10.6 Å². The van der Waals surface area contributed by atoms with Crippen LogP contribution in [0, 0.1) is 10.1 Å². The number of carbonyl (C=O) groups excluding carboxylic acids is 1. The molecule has 0 spiro atoms. The number of benzene rings is 3. The van der Waals surface area contributed by atoms with Crippen molar-refractivity contribution >= 4 is 34.6 Å². The van der Waals surface area contributed by atoms with Gasteiger partial charge in [0.2, 0.25) is 0 Å².